The number of ether oxygens (including phenoxy) is 1. The van der Waals surface area contributed by atoms with Crippen molar-refractivity contribution < 1.29 is 19.2 Å². The average molecular weight is 334 g/mol. The number of rotatable bonds is 7. The molecule has 2 rings (SSSR count). The highest BCUT2D eigenvalue weighted by molar-refractivity contribution is 5.85. The first kappa shape index (κ1) is 18.9. The van der Waals surface area contributed by atoms with Crippen LogP contribution < -0.4 is 0 Å². The summed E-state index contributed by atoms with van der Waals surface area (Å²) in [7, 11) is 0. The van der Waals surface area contributed by atoms with Crippen molar-refractivity contribution in [3.63, 3.8) is 0 Å². The Labute approximate surface area is 136 Å². The van der Waals surface area contributed by atoms with Crippen LogP contribution in [0.1, 0.15) is 51.4 Å². The van der Waals surface area contributed by atoms with Gasteiger partial charge in [0.2, 0.25) is 5.89 Å². The van der Waals surface area contributed by atoms with Gasteiger partial charge >= 0.3 is 5.97 Å². The zero-order chi connectivity index (χ0) is 15.4. The second-order valence-corrected chi connectivity index (χ2v) is 5.88. The summed E-state index contributed by atoms with van der Waals surface area (Å²) in [6.45, 7) is 7.79. The lowest BCUT2D eigenvalue weighted by Gasteiger charge is -2.18. The monoisotopic (exact) mass is 333 g/mol. The first-order chi connectivity index (χ1) is 9.97. The van der Waals surface area contributed by atoms with Crippen molar-refractivity contribution in [1.82, 2.24) is 15.0 Å². The van der Waals surface area contributed by atoms with E-state index in [2.05, 4.69) is 24.0 Å². The third-order valence-electron chi connectivity index (χ3n) is 3.51. The smallest absolute Gasteiger partial charge is 0.320 e. The fourth-order valence-corrected chi connectivity index (χ4v) is 2.38. The van der Waals surface area contributed by atoms with Gasteiger partial charge in [0.05, 0.1) is 6.54 Å². The van der Waals surface area contributed by atoms with Gasteiger partial charge in [-0.3, -0.25) is 9.69 Å². The van der Waals surface area contributed by atoms with E-state index < -0.39 is 12.0 Å². The van der Waals surface area contributed by atoms with Gasteiger partial charge in [0, 0.05) is 6.61 Å². The Morgan fingerprint density at radius 3 is 2.86 bits per heavy atom. The molecule has 0 aromatic carbocycles. The van der Waals surface area contributed by atoms with Gasteiger partial charge in [-0.25, -0.2) is 0 Å². The highest BCUT2D eigenvalue weighted by atomic mass is 35.5. The van der Waals surface area contributed by atoms with E-state index in [9.17, 15) is 4.79 Å². The molecule has 0 spiro atoms. The number of carbonyl (C=O) groups is 1. The minimum absolute atomic E-state index is 0. The first-order valence-electron chi connectivity index (χ1n) is 7.38. The second-order valence-electron chi connectivity index (χ2n) is 5.88. The molecule has 0 amide bonds. The van der Waals surface area contributed by atoms with Crippen molar-refractivity contribution in [3.8, 4) is 0 Å². The molecule has 1 unspecified atom stereocenters. The number of halogens is 1. The Kier molecular flexibility index (Phi) is 7.25. The van der Waals surface area contributed by atoms with Crippen LogP contribution in [0.15, 0.2) is 4.52 Å². The van der Waals surface area contributed by atoms with E-state index in [4.69, 9.17) is 14.4 Å². The molecule has 8 heteroatoms. The summed E-state index contributed by atoms with van der Waals surface area (Å²) in [6.07, 6.45) is 1.33. The molecule has 2 atom stereocenters. The van der Waals surface area contributed by atoms with Crippen LogP contribution in [0, 0.1) is 5.92 Å². The number of carboxylic acid groups (broad SMARTS) is 1. The third-order valence-corrected chi connectivity index (χ3v) is 3.51. The van der Waals surface area contributed by atoms with Crippen molar-refractivity contribution in [3.05, 3.63) is 11.7 Å². The number of hydrogen-bond acceptors (Lipinski definition) is 6. The fraction of sp³-hybridized carbons (Fsp3) is 0.786. The summed E-state index contributed by atoms with van der Waals surface area (Å²) >= 11 is 0. The average Bonchev–Trinajstić information content (AvgIpc) is 3.05. The number of aromatic nitrogens is 2. The van der Waals surface area contributed by atoms with E-state index in [1.807, 2.05) is 11.8 Å². The zero-order valence-corrected chi connectivity index (χ0v) is 14.0. The molecule has 1 fully saturated rings. The quantitative estimate of drug-likeness (QED) is 0.818. The van der Waals surface area contributed by atoms with Crippen LogP contribution in [-0.2, 0) is 16.1 Å². The van der Waals surface area contributed by atoms with Gasteiger partial charge in [0.15, 0.2) is 5.82 Å². The molecule has 0 aliphatic carbocycles. The van der Waals surface area contributed by atoms with Crippen molar-refractivity contribution in [2.24, 2.45) is 5.92 Å². The van der Waals surface area contributed by atoms with Crippen molar-refractivity contribution in [1.29, 1.82) is 0 Å². The maximum atomic E-state index is 11.1. The van der Waals surface area contributed by atoms with E-state index in [-0.39, 0.29) is 18.5 Å². The molecule has 0 bridgehead atoms. The van der Waals surface area contributed by atoms with Crippen LogP contribution in [0.3, 0.4) is 0 Å². The summed E-state index contributed by atoms with van der Waals surface area (Å²) in [5.74, 6) is 0.607. The highest BCUT2D eigenvalue weighted by Crippen LogP contribution is 2.21. The topological polar surface area (TPSA) is 88.7 Å². The number of aliphatic carboxylic acids is 1. The highest BCUT2D eigenvalue weighted by Gasteiger charge is 2.31. The number of nitrogens with zero attached hydrogens (tertiary/aromatic N) is 3. The van der Waals surface area contributed by atoms with Crippen LogP contribution in [-0.4, -0.2) is 45.3 Å². The van der Waals surface area contributed by atoms with Gasteiger partial charge in [-0.1, -0.05) is 19.0 Å². The Morgan fingerprint density at radius 2 is 2.23 bits per heavy atom. The lowest BCUT2D eigenvalue weighted by Crippen LogP contribution is -2.35. The predicted molar refractivity (Wildman–Crippen MR) is 81.8 cm³/mol. The number of carboxylic acids is 1. The Hall–Kier alpha value is -1.18. The molecule has 1 aliphatic heterocycles. The predicted octanol–water partition coefficient (Wildman–Crippen LogP) is 2.27. The third kappa shape index (κ3) is 4.93. The largest absolute Gasteiger partial charge is 0.480 e. The SMILES string of the molecule is CC(C)COC(C)c1noc(CN2CCC[C@H]2C(=O)O)n1.Cl. The molecule has 126 valence electrons. The number of hydrogen-bond donors (Lipinski definition) is 1. The fourth-order valence-electron chi connectivity index (χ4n) is 2.38. The summed E-state index contributed by atoms with van der Waals surface area (Å²) < 4.78 is 10.8. The molecule has 1 N–H and O–H groups in total. The van der Waals surface area contributed by atoms with Gasteiger partial charge in [-0.15, -0.1) is 12.4 Å². The first-order valence-corrected chi connectivity index (χ1v) is 7.38. The lowest BCUT2D eigenvalue weighted by molar-refractivity contribution is -0.142. The molecular formula is C14H24ClN3O4. The maximum Gasteiger partial charge on any atom is 0.320 e. The van der Waals surface area contributed by atoms with Crippen LogP contribution in [0.2, 0.25) is 0 Å². The lowest BCUT2D eigenvalue weighted by atomic mass is 10.2. The Bertz CT molecular complexity index is 480. The molecule has 7 nitrogen and oxygen atoms in total. The molecular weight excluding hydrogens is 310 g/mol. The minimum atomic E-state index is -0.791. The normalized spacial score (nSPS) is 20.1. The molecule has 1 aromatic rings. The van der Waals surface area contributed by atoms with Crippen LogP contribution in [0.25, 0.3) is 0 Å². The summed E-state index contributed by atoms with van der Waals surface area (Å²) in [6, 6.07) is -0.449. The summed E-state index contributed by atoms with van der Waals surface area (Å²) in [5, 5.41) is 13.1. The van der Waals surface area contributed by atoms with Crippen molar-refractivity contribution in [2.75, 3.05) is 13.2 Å². The summed E-state index contributed by atoms with van der Waals surface area (Å²) in [5.41, 5.74) is 0. The van der Waals surface area contributed by atoms with Crippen molar-refractivity contribution >= 4 is 18.4 Å². The van der Waals surface area contributed by atoms with Crippen molar-refractivity contribution in [2.45, 2.75) is 52.3 Å². The molecule has 22 heavy (non-hydrogen) atoms. The standard InChI is InChI=1S/C14H23N3O4.ClH/c1-9(2)8-20-10(3)13-15-12(21-16-13)7-17-6-4-5-11(17)14(18)19;/h9-11H,4-8H2,1-3H3,(H,18,19);1H/t10?,11-;/m0./s1. The van der Waals surface area contributed by atoms with Crippen LogP contribution in [0.4, 0.5) is 0 Å². The van der Waals surface area contributed by atoms with Gasteiger partial charge in [0.1, 0.15) is 12.1 Å². The van der Waals surface area contributed by atoms with Gasteiger partial charge in [0.25, 0.3) is 0 Å². The van der Waals surface area contributed by atoms with Gasteiger partial charge in [-0.05, 0) is 32.2 Å². The molecule has 1 aliphatic rings. The molecule has 0 radical (unpaired) electrons. The van der Waals surface area contributed by atoms with E-state index >= 15 is 0 Å². The summed E-state index contributed by atoms with van der Waals surface area (Å²) in [4.78, 5) is 17.3. The zero-order valence-electron chi connectivity index (χ0n) is 13.2. The Morgan fingerprint density at radius 1 is 1.50 bits per heavy atom. The van der Waals surface area contributed by atoms with E-state index in [0.29, 0.717) is 37.2 Å². The van der Waals surface area contributed by atoms with E-state index in [1.54, 1.807) is 0 Å². The van der Waals surface area contributed by atoms with Crippen LogP contribution >= 0.6 is 12.4 Å². The molecule has 0 saturated carbocycles. The number of likely N-dealkylation sites (tertiary alicyclic amines) is 1. The molecule has 1 saturated heterocycles. The van der Waals surface area contributed by atoms with Crippen LogP contribution in [0.5, 0.6) is 0 Å². The van der Waals surface area contributed by atoms with Gasteiger partial charge in [-0.2, -0.15) is 4.98 Å². The van der Waals surface area contributed by atoms with Gasteiger partial charge < -0.3 is 14.4 Å². The second kappa shape index (κ2) is 8.45. The van der Waals surface area contributed by atoms with E-state index in [0.717, 1.165) is 13.0 Å². The molecule has 2 heterocycles. The minimum Gasteiger partial charge on any atom is -0.480 e. The maximum absolute atomic E-state index is 11.1. The molecule has 1 aromatic heterocycles. The van der Waals surface area contributed by atoms with E-state index in [1.165, 1.54) is 0 Å². The Balaban J connectivity index is 0.00000242.